The number of aromatic amines is 2. The lowest BCUT2D eigenvalue weighted by Gasteiger charge is -2.06. The lowest BCUT2D eigenvalue weighted by Crippen LogP contribution is -2.09. The SMILES string of the molecule is CCC(=O)Nc1cncc(-c2ccc3[nH]nc(-c4cc5c(-c6ccc(C(C)=O)s6)cccc5[nH]4)c3n2)c1. The van der Waals surface area contributed by atoms with Gasteiger partial charge < -0.3 is 10.3 Å². The number of thiophene rings is 1. The van der Waals surface area contributed by atoms with Gasteiger partial charge in [0.1, 0.15) is 11.2 Å². The molecular formula is C28H22N6O2S. The topological polar surface area (TPSA) is 116 Å². The van der Waals surface area contributed by atoms with E-state index >= 15 is 0 Å². The quantitative estimate of drug-likeness (QED) is 0.225. The van der Waals surface area contributed by atoms with Crippen molar-refractivity contribution >= 4 is 50.7 Å². The summed E-state index contributed by atoms with van der Waals surface area (Å²) >= 11 is 1.49. The van der Waals surface area contributed by atoms with E-state index in [1.807, 2.05) is 42.5 Å². The van der Waals surface area contributed by atoms with Crippen LogP contribution in [-0.2, 0) is 4.79 Å². The van der Waals surface area contributed by atoms with Crippen molar-refractivity contribution in [2.45, 2.75) is 20.3 Å². The van der Waals surface area contributed by atoms with E-state index in [2.05, 4.69) is 37.6 Å². The number of carbonyl (C=O) groups is 2. The zero-order valence-electron chi connectivity index (χ0n) is 20.1. The van der Waals surface area contributed by atoms with E-state index in [1.54, 1.807) is 26.2 Å². The van der Waals surface area contributed by atoms with Crippen LogP contribution >= 0.6 is 11.3 Å². The van der Waals surface area contributed by atoms with E-state index in [-0.39, 0.29) is 11.7 Å². The second-order valence-electron chi connectivity index (χ2n) is 8.70. The van der Waals surface area contributed by atoms with Crippen molar-refractivity contribution in [3.05, 3.63) is 71.9 Å². The molecule has 6 rings (SSSR count). The molecule has 0 unspecified atom stereocenters. The third-order valence-corrected chi connectivity index (χ3v) is 7.40. The molecule has 1 aromatic carbocycles. The lowest BCUT2D eigenvalue weighted by molar-refractivity contribution is -0.115. The number of fused-ring (bicyclic) bond motifs is 2. The molecule has 9 heteroatoms. The smallest absolute Gasteiger partial charge is 0.224 e. The number of carbonyl (C=O) groups excluding carboxylic acids is 2. The number of nitrogens with zero attached hydrogens (tertiary/aromatic N) is 3. The molecule has 37 heavy (non-hydrogen) atoms. The van der Waals surface area contributed by atoms with Crippen LogP contribution in [0.4, 0.5) is 5.69 Å². The zero-order chi connectivity index (χ0) is 25.5. The third-order valence-electron chi connectivity index (χ3n) is 6.18. The highest BCUT2D eigenvalue weighted by molar-refractivity contribution is 7.17. The summed E-state index contributed by atoms with van der Waals surface area (Å²) in [6, 6.07) is 17.7. The number of aromatic nitrogens is 5. The maximum absolute atomic E-state index is 11.8. The first kappa shape index (κ1) is 22.8. The molecule has 3 N–H and O–H groups in total. The molecule has 8 nitrogen and oxygen atoms in total. The first-order valence-corrected chi connectivity index (χ1v) is 12.7. The molecule has 5 aromatic heterocycles. The normalized spacial score (nSPS) is 11.3. The van der Waals surface area contributed by atoms with Crippen molar-refractivity contribution in [2.24, 2.45) is 0 Å². The van der Waals surface area contributed by atoms with Crippen LogP contribution in [0.2, 0.25) is 0 Å². The standard InChI is InChI=1S/C28H22N6O2S/c1-3-26(36)30-17-11-16(13-29-14-17)20-7-8-22-27(32-20)28(34-33-22)23-12-19-18(5-4-6-21(19)31-23)25-10-9-24(37-25)15(2)35/h4-14,31H,3H2,1-2H3,(H,30,36)(H,33,34). The highest BCUT2D eigenvalue weighted by atomic mass is 32.1. The van der Waals surface area contributed by atoms with Crippen LogP contribution in [0, 0.1) is 0 Å². The largest absolute Gasteiger partial charge is 0.353 e. The average Bonchev–Trinajstić information content (AvgIpc) is 3.66. The van der Waals surface area contributed by atoms with Gasteiger partial charge in [-0.1, -0.05) is 19.1 Å². The monoisotopic (exact) mass is 506 g/mol. The molecule has 0 aliphatic heterocycles. The van der Waals surface area contributed by atoms with Crippen LogP contribution in [0.15, 0.2) is 67.0 Å². The van der Waals surface area contributed by atoms with Gasteiger partial charge in [-0.2, -0.15) is 5.10 Å². The maximum Gasteiger partial charge on any atom is 0.224 e. The van der Waals surface area contributed by atoms with Gasteiger partial charge in [0, 0.05) is 39.5 Å². The van der Waals surface area contributed by atoms with E-state index in [4.69, 9.17) is 4.98 Å². The number of Topliss-reactive ketones (excluding diaryl/α,β-unsaturated/α-hetero) is 1. The molecular weight excluding hydrogens is 484 g/mol. The van der Waals surface area contributed by atoms with Crippen molar-refractivity contribution in [3.63, 3.8) is 0 Å². The van der Waals surface area contributed by atoms with Crippen LogP contribution < -0.4 is 5.32 Å². The lowest BCUT2D eigenvalue weighted by atomic mass is 10.1. The van der Waals surface area contributed by atoms with Gasteiger partial charge in [-0.15, -0.1) is 11.3 Å². The Hall–Kier alpha value is -4.63. The fraction of sp³-hybridized carbons (Fsp3) is 0.107. The van der Waals surface area contributed by atoms with Gasteiger partial charge in [-0.25, -0.2) is 4.98 Å². The summed E-state index contributed by atoms with van der Waals surface area (Å²) in [5.74, 6) is -0.00531. The molecule has 0 saturated carbocycles. The van der Waals surface area contributed by atoms with Gasteiger partial charge >= 0.3 is 0 Å². The van der Waals surface area contributed by atoms with Crippen LogP contribution in [-0.4, -0.2) is 36.8 Å². The molecule has 0 atom stereocenters. The highest BCUT2D eigenvalue weighted by Gasteiger charge is 2.16. The van der Waals surface area contributed by atoms with Crippen molar-refractivity contribution in [1.82, 2.24) is 25.1 Å². The predicted octanol–water partition coefficient (Wildman–Crippen LogP) is 6.45. The Labute approximate surface area is 215 Å². The van der Waals surface area contributed by atoms with Gasteiger partial charge in [0.2, 0.25) is 5.91 Å². The molecule has 0 aliphatic rings. The summed E-state index contributed by atoms with van der Waals surface area (Å²) in [7, 11) is 0. The summed E-state index contributed by atoms with van der Waals surface area (Å²) in [6.45, 7) is 3.39. The first-order chi connectivity index (χ1) is 18.0. The Kier molecular flexibility index (Phi) is 5.61. The number of benzene rings is 1. The summed E-state index contributed by atoms with van der Waals surface area (Å²) in [5, 5.41) is 11.5. The second-order valence-corrected chi connectivity index (χ2v) is 9.78. The molecule has 0 fully saturated rings. The number of pyridine rings is 2. The Bertz CT molecular complexity index is 1810. The Balaban J connectivity index is 1.42. The van der Waals surface area contributed by atoms with Crippen molar-refractivity contribution in [2.75, 3.05) is 5.32 Å². The third kappa shape index (κ3) is 4.19. The Morgan fingerprint density at radius 3 is 2.73 bits per heavy atom. The number of rotatable bonds is 6. The van der Waals surface area contributed by atoms with Gasteiger partial charge in [-0.3, -0.25) is 19.7 Å². The first-order valence-electron chi connectivity index (χ1n) is 11.8. The minimum absolute atomic E-state index is 0.0662. The summed E-state index contributed by atoms with van der Waals surface area (Å²) in [5.41, 5.74) is 7.26. The van der Waals surface area contributed by atoms with Crippen molar-refractivity contribution in [3.8, 4) is 33.1 Å². The van der Waals surface area contributed by atoms with E-state index in [0.29, 0.717) is 17.8 Å². The average molecular weight is 507 g/mol. The van der Waals surface area contributed by atoms with Gasteiger partial charge in [0.05, 0.1) is 33.7 Å². The molecule has 1 amide bonds. The van der Waals surface area contributed by atoms with Crippen molar-refractivity contribution in [1.29, 1.82) is 0 Å². The number of hydrogen-bond donors (Lipinski definition) is 3. The number of nitrogens with one attached hydrogen (secondary N) is 3. The maximum atomic E-state index is 11.8. The van der Waals surface area contributed by atoms with Gasteiger partial charge in [0.15, 0.2) is 5.78 Å². The number of hydrogen-bond acceptors (Lipinski definition) is 6. The molecule has 0 radical (unpaired) electrons. The number of H-pyrrole nitrogens is 2. The van der Waals surface area contributed by atoms with Crippen LogP contribution in [0.5, 0.6) is 0 Å². The highest BCUT2D eigenvalue weighted by Crippen LogP contribution is 2.37. The molecule has 6 aromatic rings. The molecule has 0 spiro atoms. The molecule has 0 saturated heterocycles. The van der Waals surface area contributed by atoms with Gasteiger partial charge in [0.25, 0.3) is 0 Å². The molecule has 5 heterocycles. The fourth-order valence-corrected chi connectivity index (χ4v) is 5.26. The van der Waals surface area contributed by atoms with Crippen LogP contribution in [0.3, 0.4) is 0 Å². The number of amides is 1. The zero-order valence-corrected chi connectivity index (χ0v) is 20.9. The fourth-order valence-electron chi connectivity index (χ4n) is 4.31. The predicted molar refractivity (Wildman–Crippen MR) is 147 cm³/mol. The summed E-state index contributed by atoms with van der Waals surface area (Å²) in [4.78, 5) is 38.0. The van der Waals surface area contributed by atoms with Crippen LogP contribution in [0.25, 0.3) is 55.0 Å². The van der Waals surface area contributed by atoms with Crippen molar-refractivity contribution < 1.29 is 9.59 Å². The van der Waals surface area contributed by atoms with E-state index in [0.717, 1.165) is 54.2 Å². The minimum atomic E-state index is -0.0715. The second kappa shape index (κ2) is 9.11. The summed E-state index contributed by atoms with van der Waals surface area (Å²) in [6.07, 6.45) is 3.73. The molecule has 0 bridgehead atoms. The minimum Gasteiger partial charge on any atom is -0.353 e. The van der Waals surface area contributed by atoms with E-state index < -0.39 is 0 Å². The molecule has 0 aliphatic carbocycles. The van der Waals surface area contributed by atoms with Crippen LogP contribution in [0.1, 0.15) is 29.9 Å². The van der Waals surface area contributed by atoms with E-state index in [9.17, 15) is 9.59 Å². The number of ketones is 1. The van der Waals surface area contributed by atoms with Gasteiger partial charge in [-0.05, 0) is 49.4 Å². The molecule has 182 valence electrons. The number of anilines is 1. The Morgan fingerprint density at radius 1 is 1.03 bits per heavy atom. The summed E-state index contributed by atoms with van der Waals surface area (Å²) < 4.78 is 0. The van der Waals surface area contributed by atoms with E-state index in [1.165, 1.54) is 11.3 Å². The Morgan fingerprint density at radius 2 is 1.92 bits per heavy atom.